The van der Waals surface area contributed by atoms with Crippen molar-refractivity contribution in [1.29, 1.82) is 0 Å². The van der Waals surface area contributed by atoms with Crippen LogP contribution in [0.15, 0.2) is 57.7 Å². The van der Waals surface area contributed by atoms with Crippen LogP contribution in [0.4, 0.5) is 0 Å². The SMILES string of the molecule is CCc1cc(=O)oc2c(C)c(OCC(=O)N[C@@H](Cc3ccccc3)C(=O)O)ccc12. The fourth-order valence-corrected chi connectivity index (χ4v) is 3.29. The highest BCUT2D eigenvalue weighted by Crippen LogP contribution is 2.28. The number of aryl methyl sites for hydroxylation is 2. The second kappa shape index (κ2) is 9.26. The molecule has 156 valence electrons. The summed E-state index contributed by atoms with van der Waals surface area (Å²) >= 11 is 0. The van der Waals surface area contributed by atoms with E-state index in [4.69, 9.17) is 9.15 Å². The second-order valence-electron chi connectivity index (χ2n) is 6.95. The fourth-order valence-electron chi connectivity index (χ4n) is 3.29. The number of nitrogens with one attached hydrogen (secondary N) is 1. The number of hydrogen-bond acceptors (Lipinski definition) is 5. The van der Waals surface area contributed by atoms with Gasteiger partial charge in [-0.2, -0.15) is 0 Å². The van der Waals surface area contributed by atoms with Crippen molar-refractivity contribution in [2.45, 2.75) is 32.7 Å². The van der Waals surface area contributed by atoms with Gasteiger partial charge < -0.3 is 19.6 Å². The molecule has 0 aliphatic carbocycles. The average Bonchev–Trinajstić information content (AvgIpc) is 2.73. The van der Waals surface area contributed by atoms with Crippen molar-refractivity contribution in [3.05, 3.63) is 75.6 Å². The van der Waals surface area contributed by atoms with Crippen LogP contribution in [0.3, 0.4) is 0 Å². The van der Waals surface area contributed by atoms with Gasteiger partial charge in [0, 0.05) is 23.4 Å². The van der Waals surface area contributed by atoms with Crippen LogP contribution in [-0.4, -0.2) is 29.6 Å². The number of hydrogen-bond donors (Lipinski definition) is 2. The monoisotopic (exact) mass is 409 g/mol. The molecule has 2 N–H and O–H groups in total. The Morgan fingerprint density at radius 1 is 1.17 bits per heavy atom. The normalized spacial score (nSPS) is 11.8. The molecule has 0 saturated carbocycles. The number of carboxylic acids is 1. The molecule has 0 radical (unpaired) electrons. The van der Waals surface area contributed by atoms with Crippen LogP contribution < -0.4 is 15.7 Å². The minimum Gasteiger partial charge on any atom is -0.483 e. The van der Waals surface area contributed by atoms with Gasteiger partial charge in [0.25, 0.3) is 5.91 Å². The number of rotatable bonds is 8. The minimum absolute atomic E-state index is 0.169. The lowest BCUT2D eigenvalue weighted by molar-refractivity contribution is -0.142. The van der Waals surface area contributed by atoms with Gasteiger partial charge in [0.05, 0.1) is 0 Å². The van der Waals surface area contributed by atoms with E-state index in [0.717, 1.165) is 16.5 Å². The molecule has 0 fully saturated rings. The lowest BCUT2D eigenvalue weighted by atomic mass is 10.0. The Labute approximate surface area is 173 Å². The van der Waals surface area contributed by atoms with Gasteiger partial charge in [0.15, 0.2) is 6.61 Å². The van der Waals surface area contributed by atoms with Crippen LogP contribution >= 0.6 is 0 Å². The van der Waals surface area contributed by atoms with E-state index in [-0.39, 0.29) is 13.0 Å². The first-order valence-corrected chi connectivity index (χ1v) is 9.64. The molecule has 30 heavy (non-hydrogen) atoms. The van der Waals surface area contributed by atoms with Gasteiger partial charge in [-0.25, -0.2) is 9.59 Å². The number of aliphatic carboxylic acids is 1. The maximum Gasteiger partial charge on any atom is 0.336 e. The number of fused-ring (bicyclic) bond motifs is 1. The van der Waals surface area contributed by atoms with E-state index in [1.807, 2.05) is 25.1 Å². The van der Waals surface area contributed by atoms with Crippen molar-refractivity contribution in [2.24, 2.45) is 0 Å². The number of carboxylic acid groups (broad SMARTS) is 1. The lowest BCUT2D eigenvalue weighted by Gasteiger charge is -2.16. The molecule has 3 aromatic rings. The molecule has 1 atom stereocenters. The maximum atomic E-state index is 12.3. The Balaban J connectivity index is 1.70. The molecule has 1 amide bonds. The summed E-state index contributed by atoms with van der Waals surface area (Å²) in [5.74, 6) is -1.28. The average molecular weight is 409 g/mol. The third-order valence-electron chi connectivity index (χ3n) is 4.85. The third kappa shape index (κ3) is 4.86. The van der Waals surface area contributed by atoms with Gasteiger partial charge in [-0.05, 0) is 36.6 Å². The van der Waals surface area contributed by atoms with Gasteiger partial charge in [-0.3, -0.25) is 4.79 Å². The largest absolute Gasteiger partial charge is 0.483 e. The van der Waals surface area contributed by atoms with Gasteiger partial charge >= 0.3 is 11.6 Å². The highest BCUT2D eigenvalue weighted by atomic mass is 16.5. The van der Waals surface area contributed by atoms with Crippen molar-refractivity contribution < 1.29 is 23.8 Å². The Morgan fingerprint density at radius 2 is 1.90 bits per heavy atom. The molecular formula is C23H23NO6. The molecule has 0 spiro atoms. The summed E-state index contributed by atoms with van der Waals surface area (Å²) in [7, 11) is 0. The van der Waals surface area contributed by atoms with E-state index < -0.39 is 23.5 Å². The summed E-state index contributed by atoms with van der Waals surface area (Å²) in [5.41, 5.74) is 2.26. The third-order valence-corrected chi connectivity index (χ3v) is 4.85. The van der Waals surface area contributed by atoms with E-state index in [2.05, 4.69) is 5.32 Å². The zero-order chi connectivity index (χ0) is 21.7. The van der Waals surface area contributed by atoms with E-state index in [0.29, 0.717) is 23.3 Å². The number of benzene rings is 2. The highest BCUT2D eigenvalue weighted by Gasteiger charge is 2.21. The summed E-state index contributed by atoms with van der Waals surface area (Å²) in [5, 5.41) is 12.7. The predicted molar refractivity (Wildman–Crippen MR) is 112 cm³/mol. The molecule has 1 heterocycles. The first-order chi connectivity index (χ1) is 14.4. The van der Waals surface area contributed by atoms with Crippen LogP contribution in [0, 0.1) is 6.92 Å². The molecule has 7 nitrogen and oxygen atoms in total. The maximum absolute atomic E-state index is 12.3. The van der Waals surface area contributed by atoms with Gasteiger partial charge in [-0.15, -0.1) is 0 Å². The topological polar surface area (TPSA) is 106 Å². The number of amides is 1. The first kappa shape index (κ1) is 21.1. The molecule has 0 saturated heterocycles. The smallest absolute Gasteiger partial charge is 0.336 e. The molecule has 0 unspecified atom stereocenters. The fraction of sp³-hybridized carbons (Fsp3) is 0.261. The van der Waals surface area contributed by atoms with E-state index in [1.54, 1.807) is 31.2 Å². The predicted octanol–water partition coefficient (Wildman–Crippen LogP) is 2.85. The number of carbonyl (C=O) groups is 2. The van der Waals surface area contributed by atoms with Crippen LogP contribution in [0.1, 0.15) is 23.6 Å². The Morgan fingerprint density at radius 3 is 2.57 bits per heavy atom. The van der Waals surface area contributed by atoms with Crippen molar-refractivity contribution >= 4 is 22.8 Å². The number of ether oxygens (including phenoxy) is 1. The summed E-state index contributed by atoms with van der Waals surface area (Å²) in [6.07, 6.45) is 0.851. The van der Waals surface area contributed by atoms with Gasteiger partial charge in [0.1, 0.15) is 17.4 Å². The molecule has 3 rings (SSSR count). The van der Waals surface area contributed by atoms with Gasteiger partial charge in [0.2, 0.25) is 0 Å². The van der Waals surface area contributed by atoms with Crippen molar-refractivity contribution in [2.75, 3.05) is 6.61 Å². The Kier molecular flexibility index (Phi) is 6.51. The molecule has 0 bridgehead atoms. The van der Waals surface area contributed by atoms with Crippen LogP contribution in [0.2, 0.25) is 0 Å². The Bertz CT molecular complexity index is 1120. The van der Waals surface area contributed by atoms with Crippen LogP contribution in [0.5, 0.6) is 5.75 Å². The second-order valence-corrected chi connectivity index (χ2v) is 6.95. The first-order valence-electron chi connectivity index (χ1n) is 9.64. The standard InChI is InChI=1S/C23H23NO6/c1-3-16-12-21(26)30-22-14(2)19(10-9-17(16)22)29-13-20(25)24-18(23(27)28)11-15-7-5-4-6-8-15/h4-10,12,18H,3,11,13H2,1-2H3,(H,24,25)(H,27,28)/t18-/m0/s1. The number of carbonyl (C=O) groups excluding carboxylic acids is 1. The van der Waals surface area contributed by atoms with Crippen molar-refractivity contribution in [3.63, 3.8) is 0 Å². The summed E-state index contributed by atoms with van der Waals surface area (Å²) < 4.78 is 10.9. The van der Waals surface area contributed by atoms with Crippen molar-refractivity contribution in [1.82, 2.24) is 5.32 Å². The lowest BCUT2D eigenvalue weighted by Crippen LogP contribution is -2.44. The van der Waals surface area contributed by atoms with E-state index >= 15 is 0 Å². The van der Waals surface area contributed by atoms with E-state index in [1.165, 1.54) is 6.07 Å². The highest BCUT2D eigenvalue weighted by molar-refractivity contribution is 5.86. The summed E-state index contributed by atoms with van der Waals surface area (Å²) in [6.45, 7) is 3.34. The molecule has 0 aliphatic heterocycles. The van der Waals surface area contributed by atoms with Gasteiger partial charge in [-0.1, -0.05) is 37.3 Å². The zero-order valence-electron chi connectivity index (χ0n) is 16.8. The summed E-state index contributed by atoms with van der Waals surface area (Å²) in [4.78, 5) is 35.6. The van der Waals surface area contributed by atoms with Crippen LogP contribution in [0.25, 0.3) is 11.0 Å². The zero-order valence-corrected chi connectivity index (χ0v) is 16.8. The molecule has 1 aromatic heterocycles. The molecule has 0 aliphatic rings. The quantitative estimate of drug-likeness (QED) is 0.554. The molecule has 7 heteroatoms. The van der Waals surface area contributed by atoms with E-state index in [9.17, 15) is 19.5 Å². The van der Waals surface area contributed by atoms with Crippen LogP contribution in [-0.2, 0) is 22.4 Å². The summed E-state index contributed by atoms with van der Waals surface area (Å²) in [6, 6.07) is 13.0. The minimum atomic E-state index is -1.12. The van der Waals surface area contributed by atoms with Crippen molar-refractivity contribution in [3.8, 4) is 5.75 Å². The Hall–Kier alpha value is -3.61. The molecular weight excluding hydrogens is 386 g/mol. The molecule has 2 aromatic carbocycles.